The van der Waals surface area contributed by atoms with Crippen molar-refractivity contribution >= 4 is 11.8 Å². The number of piperidine rings is 1. The molecular weight excluding hydrogens is 468 g/mol. The molecule has 0 bridgehead atoms. The standard InChI is InChI=1S/C23H24F4N6S/c1-14-10-29-19(11-28-14)20-30-31-21(32(20)2)34-7-3-6-33-12-16-9-22(16,13-33)17-5-4-15(8-18(17)24)23(25,26)27/h4-5,8,10-11,16H,3,6-7,9,12-13H2,1-2H3. The summed E-state index contributed by atoms with van der Waals surface area (Å²) in [5, 5.41) is 9.29. The van der Waals surface area contributed by atoms with Crippen molar-refractivity contribution in [3.05, 3.63) is 53.2 Å². The quantitative estimate of drug-likeness (QED) is 0.275. The molecule has 2 fully saturated rings. The number of nitrogens with zero attached hydrogens (tertiary/aromatic N) is 6. The Morgan fingerprint density at radius 3 is 2.71 bits per heavy atom. The number of halogens is 4. The highest BCUT2D eigenvalue weighted by Gasteiger charge is 2.61. The summed E-state index contributed by atoms with van der Waals surface area (Å²) in [6.45, 7) is 4.26. The molecule has 3 heterocycles. The molecular formula is C23H24F4N6S. The van der Waals surface area contributed by atoms with Crippen LogP contribution in [0.5, 0.6) is 0 Å². The predicted molar refractivity (Wildman–Crippen MR) is 120 cm³/mol. The normalized spacial score (nSPS) is 22.2. The summed E-state index contributed by atoms with van der Waals surface area (Å²) in [5.41, 5.74) is 0.658. The Kier molecular flexibility index (Phi) is 5.87. The number of likely N-dealkylation sites (tertiary alicyclic amines) is 1. The van der Waals surface area contributed by atoms with E-state index in [4.69, 9.17) is 0 Å². The third-order valence-electron chi connectivity index (χ3n) is 6.74. The van der Waals surface area contributed by atoms with E-state index in [-0.39, 0.29) is 5.41 Å². The summed E-state index contributed by atoms with van der Waals surface area (Å²) in [6, 6.07) is 2.97. The molecule has 1 aromatic carbocycles. The number of fused-ring (bicyclic) bond motifs is 1. The molecule has 1 saturated carbocycles. The number of alkyl halides is 3. The second kappa shape index (κ2) is 8.60. The highest BCUT2D eigenvalue weighted by Crippen LogP contribution is 2.59. The number of rotatable bonds is 7. The molecule has 0 spiro atoms. The maximum atomic E-state index is 14.6. The molecule has 2 atom stereocenters. The van der Waals surface area contributed by atoms with Gasteiger partial charge in [-0.05, 0) is 49.9 Å². The first-order valence-corrected chi connectivity index (χ1v) is 12.1. The molecule has 0 N–H and O–H groups in total. The molecule has 1 aliphatic carbocycles. The number of thioether (sulfide) groups is 1. The lowest BCUT2D eigenvalue weighted by Crippen LogP contribution is -2.28. The second-order valence-electron chi connectivity index (χ2n) is 9.09. The molecule has 0 amide bonds. The lowest BCUT2D eigenvalue weighted by Gasteiger charge is -2.21. The molecule has 2 aliphatic rings. The number of hydrogen-bond donors (Lipinski definition) is 0. The molecule has 2 unspecified atom stereocenters. The largest absolute Gasteiger partial charge is 0.416 e. The third kappa shape index (κ3) is 4.31. The van der Waals surface area contributed by atoms with Gasteiger partial charge in [0.2, 0.25) is 0 Å². The number of aromatic nitrogens is 5. The van der Waals surface area contributed by atoms with Crippen LogP contribution >= 0.6 is 11.8 Å². The molecule has 3 aromatic rings. The van der Waals surface area contributed by atoms with E-state index in [1.54, 1.807) is 24.2 Å². The van der Waals surface area contributed by atoms with Crippen LogP contribution in [0.1, 0.15) is 29.7 Å². The Morgan fingerprint density at radius 1 is 1.18 bits per heavy atom. The minimum Gasteiger partial charge on any atom is -0.304 e. The first kappa shape index (κ1) is 23.2. The van der Waals surface area contributed by atoms with Crippen molar-refractivity contribution in [1.82, 2.24) is 29.6 Å². The Hall–Kier alpha value is -2.53. The van der Waals surface area contributed by atoms with Gasteiger partial charge in [0.05, 0.1) is 17.5 Å². The molecule has 1 saturated heterocycles. The van der Waals surface area contributed by atoms with Crippen molar-refractivity contribution in [2.45, 2.75) is 36.5 Å². The van der Waals surface area contributed by atoms with Crippen LogP contribution in [-0.4, -0.2) is 55.0 Å². The topological polar surface area (TPSA) is 59.7 Å². The van der Waals surface area contributed by atoms with Crippen molar-refractivity contribution in [3.63, 3.8) is 0 Å². The van der Waals surface area contributed by atoms with E-state index in [0.29, 0.717) is 35.6 Å². The lowest BCUT2D eigenvalue weighted by atomic mass is 9.93. The minimum absolute atomic E-state index is 0.309. The van der Waals surface area contributed by atoms with Crippen LogP contribution in [0, 0.1) is 18.7 Å². The summed E-state index contributed by atoms with van der Waals surface area (Å²) in [5.74, 6) is 1.07. The van der Waals surface area contributed by atoms with E-state index in [0.717, 1.165) is 48.6 Å². The van der Waals surface area contributed by atoms with E-state index >= 15 is 0 Å². The van der Waals surface area contributed by atoms with Crippen molar-refractivity contribution in [2.75, 3.05) is 25.4 Å². The van der Waals surface area contributed by atoms with Crippen LogP contribution < -0.4 is 0 Å². The molecule has 5 rings (SSSR count). The fourth-order valence-corrected chi connectivity index (χ4v) is 5.73. The van der Waals surface area contributed by atoms with Crippen LogP contribution in [0.4, 0.5) is 17.6 Å². The highest BCUT2D eigenvalue weighted by atomic mass is 32.2. The minimum atomic E-state index is -4.53. The van der Waals surface area contributed by atoms with Gasteiger partial charge in [-0.2, -0.15) is 13.2 Å². The molecule has 34 heavy (non-hydrogen) atoms. The van der Waals surface area contributed by atoms with Gasteiger partial charge in [0.1, 0.15) is 11.5 Å². The SMILES string of the molecule is Cc1cnc(-c2nnc(SCCCN3CC4CC4(c4ccc(C(F)(F)F)cc4F)C3)n2C)cn1. The van der Waals surface area contributed by atoms with Crippen molar-refractivity contribution in [3.8, 4) is 11.5 Å². The molecule has 6 nitrogen and oxygen atoms in total. The first-order chi connectivity index (χ1) is 16.2. The molecule has 2 aromatic heterocycles. The van der Waals surface area contributed by atoms with Gasteiger partial charge in [-0.15, -0.1) is 10.2 Å². The van der Waals surface area contributed by atoms with E-state index < -0.39 is 17.6 Å². The van der Waals surface area contributed by atoms with Crippen LogP contribution in [-0.2, 0) is 18.6 Å². The Labute approximate surface area is 198 Å². The summed E-state index contributed by atoms with van der Waals surface area (Å²) >= 11 is 1.61. The number of benzene rings is 1. The predicted octanol–water partition coefficient (Wildman–Crippen LogP) is 4.49. The summed E-state index contributed by atoms with van der Waals surface area (Å²) in [6.07, 6.45) is 0.596. The van der Waals surface area contributed by atoms with E-state index in [1.807, 2.05) is 18.5 Å². The van der Waals surface area contributed by atoms with Gasteiger partial charge in [0.15, 0.2) is 11.0 Å². The van der Waals surface area contributed by atoms with Crippen LogP contribution in [0.25, 0.3) is 11.5 Å². The van der Waals surface area contributed by atoms with Gasteiger partial charge in [-0.25, -0.2) is 9.37 Å². The zero-order valence-corrected chi connectivity index (χ0v) is 19.6. The monoisotopic (exact) mass is 492 g/mol. The zero-order chi connectivity index (χ0) is 24.1. The van der Waals surface area contributed by atoms with Gasteiger partial charge >= 0.3 is 6.18 Å². The summed E-state index contributed by atoms with van der Waals surface area (Å²) in [4.78, 5) is 10.9. The van der Waals surface area contributed by atoms with E-state index in [9.17, 15) is 17.6 Å². The maximum Gasteiger partial charge on any atom is 0.416 e. The zero-order valence-electron chi connectivity index (χ0n) is 18.8. The van der Waals surface area contributed by atoms with Crippen molar-refractivity contribution < 1.29 is 17.6 Å². The molecule has 11 heteroatoms. The van der Waals surface area contributed by atoms with Gasteiger partial charge in [0.25, 0.3) is 0 Å². The average Bonchev–Trinajstić information content (AvgIpc) is 3.15. The van der Waals surface area contributed by atoms with Gasteiger partial charge in [-0.1, -0.05) is 17.8 Å². The number of aryl methyl sites for hydroxylation is 1. The van der Waals surface area contributed by atoms with Gasteiger partial charge in [0, 0.05) is 37.5 Å². The number of hydrogen-bond acceptors (Lipinski definition) is 6. The fraction of sp³-hybridized carbons (Fsp3) is 0.478. The first-order valence-electron chi connectivity index (χ1n) is 11.1. The Morgan fingerprint density at radius 2 is 2.00 bits per heavy atom. The molecule has 0 radical (unpaired) electrons. The molecule has 180 valence electrons. The Bertz CT molecular complexity index is 1200. The molecule has 1 aliphatic heterocycles. The summed E-state index contributed by atoms with van der Waals surface area (Å²) in [7, 11) is 1.90. The van der Waals surface area contributed by atoms with Crippen LogP contribution in [0.3, 0.4) is 0 Å². The van der Waals surface area contributed by atoms with Crippen molar-refractivity contribution in [2.24, 2.45) is 13.0 Å². The lowest BCUT2D eigenvalue weighted by molar-refractivity contribution is -0.137. The summed E-state index contributed by atoms with van der Waals surface area (Å²) < 4.78 is 55.1. The Balaban J connectivity index is 1.14. The third-order valence-corrected chi connectivity index (χ3v) is 7.85. The highest BCUT2D eigenvalue weighted by molar-refractivity contribution is 7.99. The van der Waals surface area contributed by atoms with Crippen LogP contribution in [0.2, 0.25) is 0 Å². The van der Waals surface area contributed by atoms with Gasteiger partial charge in [-0.3, -0.25) is 4.98 Å². The fourth-order valence-electron chi connectivity index (χ4n) is 4.89. The van der Waals surface area contributed by atoms with E-state index in [1.165, 1.54) is 6.07 Å². The average molecular weight is 493 g/mol. The van der Waals surface area contributed by atoms with Crippen molar-refractivity contribution in [1.29, 1.82) is 0 Å². The van der Waals surface area contributed by atoms with Gasteiger partial charge < -0.3 is 9.47 Å². The second-order valence-corrected chi connectivity index (χ2v) is 10.2. The van der Waals surface area contributed by atoms with Crippen LogP contribution in [0.15, 0.2) is 35.7 Å². The maximum absolute atomic E-state index is 14.6. The smallest absolute Gasteiger partial charge is 0.304 e. The van der Waals surface area contributed by atoms with E-state index in [2.05, 4.69) is 25.1 Å².